The van der Waals surface area contributed by atoms with Gasteiger partial charge in [0, 0.05) is 11.4 Å². The van der Waals surface area contributed by atoms with Crippen molar-refractivity contribution < 1.29 is 0 Å². The summed E-state index contributed by atoms with van der Waals surface area (Å²) in [6.45, 7) is 0. The zero-order chi connectivity index (χ0) is 13.9. The molecule has 2 N–H and O–H groups in total. The Labute approximate surface area is 127 Å². The maximum atomic E-state index is 6.09. The van der Waals surface area contributed by atoms with Crippen molar-refractivity contribution in [2.24, 2.45) is 5.73 Å². The topological polar surface area (TPSA) is 29.3 Å². The van der Waals surface area contributed by atoms with Gasteiger partial charge in [-0.3, -0.25) is 0 Å². The van der Waals surface area contributed by atoms with Gasteiger partial charge < -0.3 is 10.6 Å². The summed E-state index contributed by atoms with van der Waals surface area (Å²) in [6, 6.07) is 19.2. The van der Waals surface area contributed by atoms with E-state index >= 15 is 0 Å². The first-order valence-electron chi connectivity index (χ1n) is 5.72. The smallest absolute Gasteiger partial charge is 0.223 e. The largest absolute Gasteiger partial charge is 0.321 e. The monoisotopic (exact) mass is 314 g/mol. The predicted octanol–water partition coefficient (Wildman–Crippen LogP) is 4.48. The van der Waals surface area contributed by atoms with Crippen LogP contribution in [-0.4, -0.2) is 9.96 Å². The molecule has 0 aromatic heterocycles. The minimum atomic E-state index is -1.59. The first kappa shape index (κ1) is 14.5. The second-order valence-corrected chi connectivity index (χ2v) is 6.40. The molecule has 2 aromatic rings. The Balaban J connectivity index is 2.46. The van der Waals surface area contributed by atoms with Gasteiger partial charge in [-0.25, -0.2) is 0 Å². The number of halogens is 3. The number of hydrogen-bond acceptors (Lipinski definition) is 2. The number of alkyl halides is 3. The highest BCUT2D eigenvalue weighted by Crippen LogP contribution is 2.37. The van der Waals surface area contributed by atoms with Crippen LogP contribution in [0.2, 0.25) is 0 Å². The average Bonchev–Trinajstić information content (AvgIpc) is 2.40. The summed E-state index contributed by atoms with van der Waals surface area (Å²) in [6.07, 6.45) is -0.790. The van der Waals surface area contributed by atoms with Crippen LogP contribution >= 0.6 is 34.8 Å². The van der Waals surface area contributed by atoms with E-state index in [2.05, 4.69) is 0 Å². The van der Waals surface area contributed by atoms with Crippen LogP contribution in [0.25, 0.3) is 0 Å². The average molecular weight is 316 g/mol. The maximum Gasteiger partial charge on any atom is 0.223 e. The molecular weight excluding hydrogens is 303 g/mol. The molecule has 19 heavy (non-hydrogen) atoms. The number of rotatable bonds is 3. The molecule has 0 saturated carbocycles. The Kier molecular flexibility index (Phi) is 4.58. The Morgan fingerprint density at radius 1 is 0.789 bits per heavy atom. The van der Waals surface area contributed by atoms with Crippen molar-refractivity contribution in [1.29, 1.82) is 0 Å². The van der Waals surface area contributed by atoms with Crippen LogP contribution in [0.4, 0.5) is 11.4 Å². The van der Waals surface area contributed by atoms with E-state index in [9.17, 15) is 0 Å². The van der Waals surface area contributed by atoms with Crippen LogP contribution < -0.4 is 10.6 Å². The van der Waals surface area contributed by atoms with E-state index in [4.69, 9.17) is 40.5 Å². The summed E-state index contributed by atoms with van der Waals surface area (Å²) in [4.78, 5) is 1.80. The number of anilines is 2. The SMILES string of the molecule is NC(N(c1ccccc1)c1ccccc1)C(Cl)(Cl)Cl. The van der Waals surface area contributed by atoms with Crippen molar-refractivity contribution in [3.8, 4) is 0 Å². The van der Waals surface area contributed by atoms with Crippen molar-refractivity contribution in [1.82, 2.24) is 0 Å². The lowest BCUT2D eigenvalue weighted by Gasteiger charge is -2.35. The molecule has 1 atom stereocenters. The number of hydrogen-bond donors (Lipinski definition) is 1. The molecule has 1 unspecified atom stereocenters. The molecule has 0 aliphatic heterocycles. The number of benzene rings is 2. The van der Waals surface area contributed by atoms with Crippen LogP contribution in [-0.2, 0) is 0 Å². The maximum absolute atomic E-state index is 6.09. The molecule has 5 heteroatoms. The molecule has 0 radical (unpaired) electrons. The van der Waals surface area contributed by atoms with Gasteiger partial charge in [0.1, 0.15) is 6.17 Å². The fourth-order valence-corrected chi connectivity index (χ4v) is 2.09. The molecule has 0 aliphatic carbocycles. The Bertz CT molecular complexity index is 472. The van der Waals surface area contributed by atoms with Gasteiger partial charge in [-0.2, -0.15) is 0 Å². The minimum absolute atomic E-state index is 0.790. The highest BCUT2D eigenvalue weighted by atomic mass is 35.6. The van der Waals surface area contributed by atoms with Gasteiger partial charge in [0.2, 0.25) is 3.79 Å². The van der Waals surface area contributed by atoms with Gasteiger partial charge in [0.25, 0.3) is 0 Å². The van der Waals surface area contributed by atoms with Gasteiger partial charge in [0.05, 0.1) is 0 Å². The summed E-state index contributed by atoms with van der Waals surface area (Å²) >= 11 is 17.8. The van der Waals surface area contributed by atoms with Gasteiger partial charge in [-0.15, -0.1) is 0 Å². The summed E-state index contributed by atoms with van der Waals surface area (Å²) in [7, 11) is 0. The normalized spacial score (nSPS) is 13.1. The zero-order valence-electron chi connectivity index (χ0n) is 10.0. The molecule has 0 spiro atoms. The van der Waals surface area contributed by atoms with E-state index in [0.29, 0.717) is 0 Å². The number of nitrogens with zero attached hydrogens (tertiary/aromatic N) is 1. The molecule has 0 aliphatic rings. The third-order valence-electron chi connectivity index (χ3n) is 2.68. The summed E-state index contributed by atoms with van der Waals surface area (Å²) in [5.41, 5.74) is 7.83. The highest BCUT2D eigenvalue weighted by molar-refractivity contribution is 6.68. The Morgan fingerprint density at radius 2 is 1.16 bits per heavy atom. The fraction of sp³-hybridized carbons (Fsp3) is 0.143. The van der Waals surface area contributed by atoms with Gasteiger partial charge in [-0.05, 0) is 24.3 Å². The molecule has 0 amide bonds. The van der Waals surface area contributed by atoms with Crippen molar-refractivity contribution in [2.75, 3.05) is 4.90 Å². The minimum Gasteiger partial charge on any atom is -0.321 e. The van der Waals surface area contributed by atoms with E-state index < -0.39 is 9.96 Å². The summed E-state index contributed by atoms with van der Waals surface area (Å²) < 4.78 is -1.59. The third-order valence-corrected chi connectivity index (χ3v) is 3.35. The molecule has 100 valence electrons. The Morgan fingerprint density at radius 3 is 1.47 bits per heavy atom. The van der Waals surface area contributed by atoms with Crippen LogP contribution in [0.5, 0.6) is 0 Å². The molecule has 2 nitrogen and oxygen atoms in total. The lowest BCUT2D eigenvalue weighted by Crippen LogP contribution is -2.48. The lowest BCUT2D eigenvalue weighted by atomic mass is 10.2. The second-order valence-electron chi connectivity index (χ2n) is 4.03. The Hall–Kier alpha value is -0.930. The van der Waals surface area contributed by atoms with E-state index in [1.54, 1.807) is 4.90 Å². The molecule has 0 saturated heterocycles. The van der Waals surface area contributed by atoms with Crippen LogP contribution in [0.15, 0.2) is 60.7 Å². The van der Waals surface area contributed by atoms with Gasteiger partial charge >= 0.3 is 0 Å². The van der Waals surface area contributed by atoms with Crippen LogP contribution in [0.3, 0.4) is 0 Å². The lowest BCUT2D eigenvalue weighted by molar-refractivity contribution is 0.697. The van der Waals surface area contributed by atoms with Crippen molar-refractivity contribution in [3.05, 3.63) is 60.7 Å². The third kappa shape index (κ3) is 3.54. The molecule has 0 bridgehead atoms. The molecular formula is C14H13Cl3N2. The molecule has 2 aromatic carbocycles. The molecule has 0 fully saturated rings. The zero-order valence-corrected chi connectivity index (χ0v) is 12.3. The second kappa shape index (κ2) is 6.02. The van der Waals surface area contributed by atoms with E-state index in [-0.39, 0.29) is 0 Å². The molecule has 2 rings (SSSR count). The standard InChI is InChI=1S/C14H13Cl3N2/c15-14(16,17)13(18)19(11-7-3-1-4-8-11)12-9-5-2-6-10-12/h1-10,13H,18H2. The van der Waals surface area contributed by atoms with Crippen molar-refractivity contribution in [3.63, 3.8) is 0 Å². The van der Waals surface area contributed by atoms with E-state index in [0.717, 1.165) is 11.4 Å². The van der Waals surface area contributed by atoms with Crippen LogP contribution in [0.1, 0.15) is 0 Å². The van der Waals surface area contributed by atoms with E-state index in [1.165, 1.54) is 0 Å². The van der Waals surface area contributed by atoms with Crippen molar-refractivity contribution >= 4 is 46.2 Å². The highest BCUT2D eigenvalue weighted by Gasteiger charge is 2.35. The first-order valence-corrected chi connectivity index (χ1v) is 6.85. The molecule has 0 heterocycles. The van der Waals surface area contributed by atoms with E-state index in [1.807, 2.05) is 60.7 Å². The summed E-state index contributed by atoms with van der Waals surface area (Å²) in [5.74, 6) is 0. The number of nitrogens with two attached hydrogens (primary N) is 1. The van der Waals surface area contributed by atoms with Crippen molar-refractivity contribution in [2.45, 2.75) is 9.96 Å². The quantitative estimate of drug-likeness (QED) is 0.668. The number of para-hydroxylation sites is 2. The first-order chi connectivity index (χ1) is 9.00. The fourth-order valence-electron chi connectivity index (χ4n) is 1.79. The summed E-state index contributed by atoms with van der Waals surface area (Å²) in [5, 5.41) is 0. The predicted molar refractivity (Wildman–Crippen MR) is 83.3 cm³/mol. The van der Waals surface area contributed by atoms with Gasteiger partial charge in [-0.1, -0.05) is 71.2 Å². The van der Waals surface area contributed by atoms with Crippen LogP contribution in [0, 0.1) is 0 Å². The van der Waals surface area contributed by atoms with Gasteiger partial charge in [0.15, 0.2) is 0 Å².